The number of thioether (sulfide) groups is 1. The molecule has 0 amide bonds. The highest BCUT2D eigenvalue weighted by molar-refractivity contribution is 7.99. The number of thiophene rings is 1. The number of anilines is 1. The molecule has 0 fully saturated rings. The lowest BCUT2D eigenvalue weighted by Crippen LogP contribution is -2.31. The maximum absolute atomic E-state index is 9.58. The first kappa shape index (κ1) is 17.9. The van der Waals surface area contributed by atoms with Crippen molar-refractivity contribution in [2.24, 2.45) is 0 Å². The molecule has 0 saturated heterocycles. The van der Waals surface area contributed by atoms with Crippen LogP contribution in [-0.2, 0) is 17.8 Å². The van der Waals surface area contributed by atoms with Crippen molar-refractivity contribution in [3.8, 4) is 0 Å². The molecule has 24 heavy (non-hydrogen) atoms. The zero-order chi connectivity index (χ0) is 17.3. The van der Waals surface area contributed by atoms with Crippen LogP contribution < -0.4 is 5.32 Å². The smallest absolute Gasteiger partial charge is 0.190 e. The molecule has 0 bridgehead atoms. The monoisotopic (exact) mass is 367 g/mol. The maximum atomic E-state index is 9.58. The number of ether oxygens (including phenoxy) is 1. The summed E-state index contributed by atoms with van der Waals surface area (Å²) in [6.45, 7) is 9.14. The normalized spacial score (nSPS) is 17.7. The van der Waals surface area contributed by atoms with Gasteiger partial charge in [0.05, 0.1) is 30.2 Å². The topological polar surface area (TPSA) is 67.3 Å². The van der Waals surface area contributed by atoms with Crippen LogP contribution in [0, 0.1) is 0 Å². The molecular weight excluding hydrogens is 342 g/mol. The van der Waals surface area contributed by atoms with E-state index in [2.05, 4.69) is 33.0 Å². The highest BCUT2D eigenvalue weighted by Crippen LogP contribution is 2.41. The van der Waals surface area contributed by atoms with Crippen molar-refractivity contribution in [1.29, 1.82) is 0 Å². The summed E-state index contributed by atoms with van der Waals surface area (Å²) in [5, 5.41) is 14.9. The minimum Gasteiger partial charge on any atom is -0.394 e. The highest BCUT2D eigenvalue weighted by Gasteiger charge is 2.31. The zero-order valence-electron chi connectivity index (χ0n) is 14.7. The molecule has 0 unspecified atom stereocenters. The highest BCUT2D eigenvalue weighted by atomic mass is 32.2. The average Bonchev–Trinajstić information content (AvgIpc) is 2.89. The fraction of sp³-hybridized carbons (Fsp3) is 0.647. The van der Waals surface area contributed by atoms with Crippen LogP contribution in [0.1, 0.15) is 44.6 Å². The Labute approximate surface area is 151 Å². The number of fused-ring (bicyclic) bond motifs is 3. The third kappa shape index (κ3) is 3.54. The van der Waals surface area contributed by atoms with Crippen molar-refractivity contribution in [2.45, 2.75) is 63.9 Å². The van der Waals surface area contributed by atoms with Gasteiger partial charge in [0.25, 0.3) is 0 Å². The predicted octanol–water partition coefficient (Wildman–Crippen LogP) is 3.84. The molecule has 7 heteroatoms. The minimum atomic E-state index is -0.170. The van der Waals surface area contributed by atoms with E-state index >= 15 is 0 Å². The number of rotatable bonds is 6. The van der Waals surface area contributed by atoms with Crippen molar-refractivity contribution >= 4 is 39.1 Å². The molecule has 0 aliphatic carbocycles. The van der Waals surface area contributed by atoms with Crippen molar-refractivity contribution in [1.82, 2.24) is 9.97 Å². The summed E-state index contributed by atoms with van der Waals surface area (Å²) in [6.07, 6.45) is 1.70. The van der Waals surface area contributed by atoms with Gasteiger partial charge in [-0.15, -0.1) is 11.3 Å². The first-order valence-electron chi connectivity index (χ1n) is 8.43. The molecule has 0 aromatic carbocycles. The van der Waals surface area contributed by atoms with Gasteiger partial charge in [-0.25, -0.2) is 9.97 Å². The van der Waals surface area contributed by atoms with Crippen LogP contribution in [-0.4, -0.2) is 39.1 Å². The van der Waals surface area contributed by atoms with E-state index in [0.29, 0.717) is 6.61 Å². The van der Waals surface area contributed by atoms with Crippen molar-refractivity contribution in [2.75, 3.05) is 17.7 Å². The van der Waals surface area contributed by atoms with E-state index in [1.165, 1.54) is 10.4 Å². The summed E-state index contributed by atoms with van der Waals surface area (Å²) in [5.74, 6) is 1.79. The molecule has 0 spiro atoms. The summed E-state index contributed by atoms with van der Waals surface area (Å²) in [5.41, 5.74) is 1.13. The Morgan fingerprint density at radius 3 is 2.83 bits per heavy atom. The van der Waals surface area contributed by atoms with Crippen molar-refractivity contribution in [3.63, 3.8) is 0 Å². The average molecular weight is 368 g/mol. The molecule has 3 heterocycles. The second-order valence-corrected chi connectivity index (χ2v) is 8.94. The Kier molecular flexibility index (Phi) is 5.34. The van der Waals surface area contributed by atoms with E-state index in [9.17, 15) is 5.11 Å². The molecular formula is C17H25N3O2S2. The minimum absolute atomic E-state index is 0.00553. The van der Waals surface area contributed by atoms with Gasteiger partial charge in [-0.05, 0) is 31.6 Å². The molecule has 1 aliphatic heterocycles. The van der Waals surface area contributed by atoms with Gasteiger partial charge in [-0.2, -0.15) is 0 Å². The predicted molar refractivity (Wildman–Crippen MR) is 101 cm³/mol. The molecule has 2 aromatic heterocycles. The first-order chi connectivity index (χ1) is 11.5. The molecule has 5 nitrogen and oxygen atoms in total. The van der Waals surface area contributed by atoms with Crippen LogP contribution >= 0.6 is 23.1 Å². The van der Waals surface area contributed by atoms with Crippen LogP contribution in [0.25, 0.3) is 10.2 Å². The molecule has 3 rings (SSSR count). The van der Waals surface area contributed by atoms with Crippen LogP contribution in [0.15, 0.2) is 5.16 Å². The second-order valence-electron chi connectivity index (χ2n) is 6.63. The Morgan fingerprint density at radius 2 is 2.17 bits per heavy atom. The lowest BCUT2D eigenvalue weighted by Gasteiger charge is -2.30. The van der Waals surface area contributed by atoms with Crippen LogP contribution in [0.4, 0.5) is 5.82 Å². The van der Waals surface area contributed by atoms with Crippen molar-refractivity contribution in [3.05, 3.63) is 10.4 Å². The van der Waals surface area contributed by atoms with Gasteiger partial charge < -0.3 is 15.2 Å². The van der Waals surface area contributed by atoms with Gasteiger partial charge in [0.2, 0.25) is 0 Å². The van der Waals surface area contributed by atoms with Gasteiger partial charge in [-0.1, -0.05) is 25.6 Å². The van der Waals surface area contributed by atoms with Gasteiger partial charge >= 0.3 is 0 Å². The third-order valence-electron chi connectivity index (χ3n) is 4.24. The lowest BCUT2D eigenvalue weighted by atomic mass is 9.94. The lowest BCUT2D eigenvalue weighted by molar-refractivity contribution is -0.0379. The number of nitrogens with one attached hydrogen (secondary N) is 1. The van der Waals surface area contributed by atoms with E-state index in [0.717, 1.165) is 39.8 Å². The summed E-state index contributed by atoms with van der Waals surface area (Å²) >= 11 is 3.35. The number of aromatic nitrogens is 2. The number of nitrogens with zero attached hydrogens (tertiary/aromatic N) is 2. The van der Waals surface area contributed by atoms with E-state index in [1.807, 2.05) is 0 Å². The number of hydrogen-bond donors (Lipinski definition) is 2. The largest absolute Gasteiger partial charge is 0.394 e. The molecule has 1 aliphatic rings. The van der Waals surface area contributed by atoms with E-state index in [-0.39, 0.29) is 18.2 Å². The Morgan fingerprint density at radius 1 is 1.38 bits per heavy atom. The van der Waals surface area contributed by atoms with E-state index in [1.54, 1.807) is 23.1 Å². The van der Waals surface area contributed by atoms with Gasteiger partial charge in [0.15, 0.2) is 5.16 Å². The first-order valence-corrected chi connectivity index (χ1v) is 10.2. The quantitative estimate of drug-likeness (QED) is 0.597. The standard InChI is InChI=1S/C17H25N3O2S2/c1-5-10(8-21)18-14-13-11-7-17(3,4)22-9-12(11)24-15(13)20-16(19-14)23-6-2/h10,21H,5-9H2,1-4H3,(H,18,19,20)/t10-/m1/s1. The summed E-state index contributed by atoms with van der Waals surface area (Å²) in [7, 11) is 0. The van der Waals surface area contributed by atoms with Crippen LogP contribution in [0.5, 0.6) is 0 Å². The molecule has 0 saturated carbocycles. The summed E-state index contributed by atoms with van der Waals surface area (Å²) < 4.78 is 5.96. The van der Waals surface area contributed by atoms with E-state index in [4.69, 9.17) is 14.7 Å². The molecule has 132 valence electrons. The number of hydrogen-bond acceptors (Lipinski definition) is 7. The number of aliphatic hydroxyl groups excluding tert-OH is 1. The molecule has 2 aromatic rings. The Bertz CT molecular complexity index is 726. The summed E-state index contributed by atoms with van der Waals surface area (Å²) in [4.78, 5) is 11.8. The zero-order valence-corrected chi connectivity index (χ0v) is 16.3. The Hall–Kier alpha value is -0.890. The van der Waals surface area contributed by atoms with Crippen LogP contribution in [0.3, 0.4) is 0 Å². The van der Waals surface area contributed by atoms with Crippen molar-refractivity contribution < 1.29 is 9.84 Å². The molecule has 1 atom stereocenters. The van der Waals surface area contributed by atoms with E-state index < -0.39 is 0 Å². The van der Waals surface area contributed by atoms with Gasteiger partial charge in [0.1, 0.15) is 10.6 Å². The SMILES string of the molecule is CCSc1nc(N[C@H](CC)CO)c2c3c(sc2n1)COC(C)(C)C3. The summed E-state index contributed by atoms with van der Waals surface area (Å²) in [6, 6.07) is 0.00553. The molecule has 0 radical (unpaired) electrons. The maximum Gasteiger partial charge on any atom is 0.190 e. The van der Waals surface area contributed by atoms with Gasteiger partial charge in [-0.3, -0.25) is 0 Å². The van der Waals surface area contributed by atoms with Crippen LogP contribution in [0.2, 0.25) is 0 Å². The van der Waals surface area contributed by atoms with Gasteiger partial charge in [0, 0.05) is 11.3 Å². The number of aliphatic hydroxyl groups is 1. The second kappa shape index (κ2) is 7.15. The fourth-order valence-corrected chi connectivity index (χ4v) is 4.62. The Balaban J connectivity index is 2.13. The molecule has 2 N–H and O–H groups in total. The fourth-order valence-electron chi connectivity index (χ4n) is 2.89. The third-order valence-corrected chi connectivity index (χ3v) is 6.07.